The van der Waals surface area contributed by atoms with Gasteiger partial charge in [-0.2, -0.15) is 10.4 Å². The monoisotopic (exact) mass is 201 g/mol. The lowest BCUT2D eigenvalue weighted by Gasteiger charge is -2.11. The lowest BCUT2D eigenvalue weighted by atomic mass is 9.98. The molecule has 0 radical (unpaired) electrons. The van der Waals surface area contributed by atoms with E-state index in [9.17, 15) is 0 Å². The van der Waals surface area contributed by atoms with Gasteiger partial charge in [-0.05, 0) is 6.92 Å². The zero-order chi connectivity index (χ0) is 11.3. The van der Waals surface area contributed by atoms with E-state index in [0.29, 0.717) is 12.2 Å². The van der Waals surface area contributed by atoms with Crippen LogP contribution in [0.5, 0.6) is 0 Å². The number of hydrogen-bond acceptors (Lipinski definition) is 3. The first-order valence-electron chi connectivity index (χ1n) is 4.42. The normalized spacial score (nSPS) is 13.5. The molecule has 1 heterocycles. The van der Waals surface area contributed by atoms with E-state index in [0.717, 1.165) is 0 Å². The minimum Gasteiger partial charge on any atom is -0.292 e. The third-order valence-corrected chi connectivity index (χ3v) is 1.98. The predicted octanol–water partition coefficient (Wildman–Crippen LogP) is 1.34. The molecule has 0 amide bonds. The van der Waals surface area contributed by atoms with Crippen molar-refractivity contribution in [2.75, 3.05) is 0 Å². The van der Waals surface area contributed by atoms with Crippen LogP contribution in [0, 0.1) is 24.8 Å². The van der Waals surface area contributed by atoms with E-state index in [1.54, 1.807) is 13.0 Å². The highest BCUT2D eigenvalue weighted by Gasteiger charge is 2.36. The lowest BCUT2D eigenvalue weighted by Crippen LogP contribution is -2.28. The number of aromatic nitrogens is 3. The van der Waals surface area contributed by atoms with Gasteiger partial charge in [-0.25, -0.2) is 16.2 Å². The molecule has 0 spiro atoms. The Labute approximate surface area is 88.5 Å². The van der Waals surface area contributed by atoms with Crippen molar-refractivity contribution >= 4 is 0 Å². The highest BCUT2D eigenvalue weighted by atomic mass is 15.3. The van der Waals surface area contributed by atoms with Crippen molar-refractivity contribution in [1.29, 1.82) is 5.26 Å². The van der Waals surface area contributed by atoms with E-state index in [2.05, 4.69) is 21.5 Å². The Balaban J connectivity index is 2.90. The fourth-order valence-electron chi connectivity index (χ4n) is 1.22. The number of hydrogen-bond donors (Lipinski definition) is 0. The maximum absolute atomic E-state index is 9.00. The first-order chi connectivity index (χ1) is 7.15. The molecule has 5 heteroatoms. The van der Waals surface area contributed by atoms with Crippen LogP contribution in [0.1, 0.15) is 12.2 Å². The Morgan fingerprint density at radius 1 is 1.87 bits per heavy atom. The molecule has 0 bridgehead atoms. The zero-order valence-corrected chi connectivity index (χ0v) is 8.51. The van der Waals surface area contributed by atoms with Crippen molar-refractivity contribution in [1.82, 2.24) is 14.8 Å². The van der Waals surface area contributed by atoms with Gasteiger partial charge >= 0.3 is 5.54 Å². The van der Waals surface area contributed by atoms with Crippen LogP contribution < -0.4 is 0 Å². The second-order valence-electron chi connectivity index (χ2n) is 3.24. The van der Waals surface area contributed by atoms with E-state index in [-0.39, 0.29) is 6.54 Å². The summed E-state index contributed by atoms with van der Waals surface area (Å²) in [5.41, 5.74) is -1.11. The summed E-state index contributed by atoms with van der Waals surface area (Å²) < 4.78 is 1.51. The highest BCUT2D eigenvalue weighted by Crippen LogP contribution is 2.18. The molecule has 0 aliphatic rings. The Bertz CT molecular complexity index is 417. The molecule has 15 heavy (non-hydrogen) atoms. The second-order valence-corrected chi connectivity index (χ2v) is 3.24. The fourth-order valence-corrected chi connectivity index (χ4v) is 1.22. The molecule has 0 fully saturated rings. The van der Waals surface area contributed by atoms with Gasteiger partial charge < -0.3 is 0 Å². The number of aryl methyl sites for hydroxylation is 1. The van der Waals surface area contributed by atoms with Gasteiger partial charge in [-0.3, -0.25) is 4.85 Å². The van der Waals surface area contributed by atoms with Gasteiger partial charge in [0.15, 0.2) is 6.07 Å². The fraction of sp³-hybridized carbons (Fsp3) is 0.400. The average Bonchev–Trinajstić information content (AvgIpc) is 2.63. The largest absolute Gasteiger partial charge is 0.338 e. The summed E-state index contributed by atoms with van der Waals surface area (Å²) in [4.78, 5) is 7.30. The summed E-state index contributed by atoms with van der Waals surface area (Å²) in [7, 11) is 0. The SMILES string of the molecule is [C-]#[N+]C(C#N)(CC=C)Cn1cnc(C)n1. The Hall–Kier alpha value is -2.14. The number of rotatable bonds is 4. The lowest BCUT2D eigenvalue weighted by molar-refractivity contribution is 0.483. The molecule has 76 valence electrons. The van der Waals surface area contributed by atoms with Gasteiger partial charge in [0.25, 0.3) is 0 Å². The van der Waals surface area contributed by atoms with Crippen LogP contribution in [-0.4, -0.2) is 20.3 Å². The van der Waals surface area contributed by atoms with Crippen molar-refractivity contribution in [3.05, 3.63) is 36.2 Å². The second kappa shape index (κ2) is 4.39. The molecule has 1 rings (SSSR count). The number of nitrogens with zero attached hydrogens (tertiary/aromatic N) is 5. The molecular weight excluding hydrogens is 190 g/mol. The smallest absolute Gasteiger partial charge is 0.292 e. The topological polar surface area (TPSA) is 58.9 Å². The van der Waals surface area contributed by atoms with E-state index in [1.165, 1.54) is 11.0 Å². The summed E-state index contributed by atoms with van der Waals surface area (Å²) in [5.74, 6) is 0.630. The molecule has 0 N–H and O–H groups in total. The van der Waals surface area contributed by atoms with Crippen LogP contribution in [0.4, 0.5) is 0 Å². The first kappa shape index (κ1) is 10.9. The van der Waals surface area contributed by atoms with Gasteiger partial charge in [0.1, 0.15) is 18.7 Å². The maximum Gasteiger partial charge on any atom is 0.338 e. The zero-order valence-electron chi connectivity index (χ0n) is 8.51. The molecule has 0 aliphatic heterocycles. The van der Waals surface area contributed by atoms with E-state index in [4.69, 9.17) is 11.8 Å². The van der Waals surface area contributed by atoms with Gasteiger partial charge in [0.05, 0.1) is 6.42 Å². The molecule has 0 saturated carbocycles. The summed E-state index contributed by atoms with van der Waals surface area (Å²) in [6.07, 6.45) is 3.42. The Kier molecular flexibility index (Phi) is 3.20. The van der Waals surface area contributed by atoms with Crippen molar-refractivity contribution < 1.29 is 0 Å². The molecule has 5 nitrogen and oxygen atoms in total. The summed E-state index contributed by atoms with van der Waals surface area (Å²) in [5, 5.41) is 13.1. The standard InChI is InChI=1S/C10H11N5/c1-4-5-10(6-11,12-3)7-15-8-13-9(2)14-15/h4,8H,1,5,7H2,2H3. The van der Waals surface area contributed by atoms with Crippen molar-refractivity contribution in [3.63, 3.8) is 0 Å². The summed E-state index contributed by atoms with van der Waals surface area (Å²) in [6.45, 7) is 12.6. The van der Waals surface area contributed by atoms with Gasteiger partial charge in [0, 0.05) is 0 Å². The quantitative estimate of drug-likeness (QED) is 0.545. The summed E-state index contributed by atoms with van der Waals surface area (Å²) in [6, 6.07) is 2.01. The minimum absolute atomic E-state index is 0.222. The molecule has 0 aromatic carbocycles. The van der Waals surface area contributed by atoms with E-state index in [1.807, 2.05) is 6.07 Å². The van der Waals surface area contributed by atoms with Gasteiger partial charge in [-0.15, -0.1) is 6.58 Å². The molecule has 1 aromatic rings. The van der Waals surface area contributed by atoms with Crippen molar-refractivity contribution in [2.45, 2.75) is 25.4 Å². The third-order valence-electron chi connectivity index (χ3n) is 1.98. The van der Waals surface area contributed by atoms with Crippen LogP contribution in [-0.2, 0) is 6.54 Å². The molecule has 0 saturated heterocycles. The minimum atomic E-state index is -1.11. The molecular formula is C10H11N5. The third kappa shape index (κ3) is 2.41. The molecule has 1 unspecified atom stereocenters. The molecule has 1 atom stereocenters. The van der Waals surface area contributed by atoms with Gasteiger partial charge in [-0.1, -0.05) is 6.08 Å². The van der Waals surface area contributed by atoms with Crippen LogP contribution in [0.3, 0.4) is 0 Å². The highest BCUT2D eigenvalue weighted by molar-refractivity contribution is 5.17. The van der Waals surface area contributed by atoms with Crippen LogP contribution in [0.15, 0.2) is 19.0 Å². The molecule has 1 aromatic heterocycles. The molecule has 0 aliphatic carbocycles. The summed E-state index contributed by atoms with van der Waals surface area (Å²) >= 11 is 0. The Morgan fingerprint density at radius 3 is 3.00 bits per heavy atom. The van der Waals surface area contributed by atoms with E-state index < -0.39 is 5.54 Å². The van der Waals surface area contributed by atoms with Crippen molar-refractivity contribution in [3.8, 4) is 6.07 Å². The van der Waals surface area contributed by atoms with Crippen molar-refractivity contribution in [2.24, 2.45) is 0 Å². The van der Waals surface area contributed by atoms with Gasteiger partial charge in [0.2, 0.25) is 0 Å². The first-order valence-corrected chi connectivity index (χ1v) is 4.42. The maximum atomic E-state index is 9.00. The average molecular weight is 201 g/mol. The Morgan fingerprint density at radius 2 is 2.60 bits per heavy atom. The van der Waals surface area contributed by atoms with Crippen LogP contribution in [0.2, 0.25) is 0 Å². The number of nitriles is 1. The predicted molar refractivity (Wildman–Crippen MR) is 54.5 cm³/mol. The van der Waals surface area contributed by atoms with E-state index >= 15 is 0 Å². The van der Waals surface area contributed by atoms with Crippen LogP contribution in [0.25, 0.3) is 4.85 Å². The van der Waals surface area contributed by atoms with Crippen LogP contribution >= 0.6 is 0 Å².